The van der Waals surface area contributed by atoms with Crippen LogP contribution < -0.4 is 14.8 Å². The molecular formula is C19H20FNO3. The molecule has 0 spiro atoms. The van der Waals surface area contributed by atoms with Crippen LogP contribution in [0.1, 0.15) is 18.1 Å². The van der Waals surface area contributed by atoms with Crippen LogP contribution in [0.25, 0.3) is 6.08 Å². The lowest BCUT2D eigenvalue weighted by Crippen LogP contribution is -2.09. The average molecular weight is 329 g/mol. The number of hydrogen-bond acceptors (Lipinski definition) is 3. The summed E-state index contributed by atoms with van der Waals surface area (Å²) in [5, 5.41) is 2.72. The highest BCUT2D eigenvalue weighted by atomic mass is 19.1. The van der Waals surface area contributed by atoms with E-state index < -0.39 is 0 Å². The van der Waals surface area contributed by atoms with Crippen LogP contribution in [0.5, 0.6) is 11.5 Å². The third-order valence-corrected chi connectivity index (χ3v) is 3.36. The van der Waals surface area contributed by atoms with Crippen LogP contribution in [0, 0.1) is 12.7 Å². The molecule has 0 saturated heterocycles. The Kier molecular flexibility index (Phi) is 5.95. The van der Waals surface area contributed by atoms with Crippen LogP contribution in [0.15, 0.2) is 42.5 Å². The standard InChI is InChI=1S/C19H20FNO3/c1-4-24-18-12-14(5-9-17(18)23-3)6-10-19(22)21-16-8-7-15(20)11-13(16)2/h5-12H,4H2,1-3H3,(H,21,22)/b10-6+. The molecule has 0 heterocycles. The second kappa shape index (κ2) is 8.15. The number of anilines is 1. The van der Waals surface area contributed by atoms with Crippen molar-refractivity contribution in [1.82, 2.24) is 0 Å². The predicted molar refractivity (Wildman–Crippen MR) is 93.0 cm³/mol. The zero-order valence-corrected chi connectivity index (χ0v) is 13.9. The van der Waals surface area contributed by atoms with Crippen LogP contribution in [-0.4, -0.2) is 19.6 Å². The molecule has 0 fully saturated rings. The lowest BCUT2D eigenvalue weighted by Gasteiger charge is -2.09. The van der Waals surface area contributed by atoms with E-state index in [1.54, 1.807) is 32.2 Å². The number of methoxy groups -OCH3 is 1. The molecule has 24 heavy (non-hydrogen) atoms. The van der Waals surface area contributed by atoms with Crippen molar-refractivity contribution in [2.75, 3.05) is 19.0 Å². The van der Waals surface area contributed by atoms with Crippen LogP contribution in [0.2, 0.25) is 0 Å². The van der Waals surface area contributed by atoms with Crippen LogP contribution in [0.4, 0.5) is 10.1 Å². The molecule has 5 heteroatoms. The summed E-state index contributed by atoms with van der Waals surface area (Å²) in [6.45, 7) is 4.15. The number of carbonyl (C=O) groups excluding carboxylic acids is 1. The molecule has 1 N–H and O–H groups in total. The normalized spacial score (nSPS) is 10.7. The molecule has 0 radical (unpaired) electrons. The van der Waals surface area contributed by atoms with Gasteiger partial charge in [-0.05, 0) is 61.4 Å². The Balaban J connectivity index is 2.09. The lowest BCUT2D eigenvalue weighted by molar-refractivity contribution is -0.111. The van der Waals surface area contributed by atoms with E-state index in [1.807, 2.05) is 13.0 Å². The van der Waals surface area contributed by atoms with Crippen molar-refractivity contribution in [2.24, 2.45) is 0 Å². The van der Waals surface area contributed by atoms with Crippen molar-refractivity contribution >= 4 is 17.7 Å². The Morgan fingerprint density at radius 3 is 2.67 bits per heavy atom. The smallest absolute Gasteiger partial charge is 0.248 e. The van der Waals surface area contributed by atoms with Gasteiger partial charge in [-0.3, -0.25) is 4.79 Å². The van der Waals surface area contributed by atoms with Gasteiger partial charge < -0.3 is 14.8 Å². The van der Waals surface area contributed by atoms with Crippen LogP contribution in [-0.2, 0) is 4.79 Å². The number of amides is 1. The Labute approximate surface area is 140 Å². The first-order valence-corrected chi connectivity index (χ1v) is 7.59. The molecule has 0 saturated carbocycles. The third-order valence-electron chi connectivity index (χ3n) is 3.36. The maximum atomic E-state index is 13.1. The van der Waals surface area contributed by atoms with Gasteiger partial charge in [-0.15, -0.1) is 0 Å². The van der Waals surface area contributed by atoms with Gasteiger partial charge in [0.15, 0.2) is 11.5 Å². The van der Waals surface area contributed by atoms with Gasteiger partial charge in [0.1, 0.15) is 5.82 Å². The van der Waals surface area contributed by atoms with Gasteiger partial charge in [0.05, 0.1) is 13.7 Å². The van der Waals surface area contributed by atoms with Crippen LogP contribution in [0.3, 0.4) is 0 Å². The molecule has 0 aliphatic heterocycles. The maximum Gasteiger partial charge on any atom is 0.248 e. The van der Waals surface area contributed by atoms with Crippen molar-refractivity contribution < 1.29 is 18.7 Å². The highest BCUT2D eigenvalue weighted by Crippen LogP contribution is 2.28. The fourth-order valence-electron chi connectivity index (χ4n) is 2.18. The summed E-state index contributed by atoms with van der Waals surface area (Å²) >= 11 is 0. The summed E-state index contributed by atoms with van der Waals surface area (Å²) in [4.78, 5) is 12.0. The topological polar surface area (TPSA) is 47.6 Å². The van der Waals surface area contributed by atoms with Crippen molar-refractivity contribution in [1.29, 1.82) is 0 Å². The van der Waals surface area contributed by atoms with Gasteiger partial charge >= 0.3 is 0 Å². The largest absolute Gasteiger partial charge is 0.493 e. The number of halogens is 1. The minimum Gasteiger partial charge on any atom is -0.493 e. The second-order valence-corrected chi connectivity index (χ2v) is 5.13. The van der Waals surface area contributed by atoms with Gasteiger partial charge in [-0.25, -0.2) is 4.39 Å². The highest BCUT2D eigenvalue weighted by molar-refractivity contribution is 6.02. The van der Waals surface area contributed by atoms with Gasteiger partial charge in [0.2, 0.25) is 5.91 Å². The molecule has 0 aliphatic carbocycles. The summed E-state index contributed by atoms with van der Waals surface area (Å²) in [5.41, 5.74) is 2.06. The van der Waals surface area contributed by atoms with E-state index in [-0.39, 0.29) is 11.7 Å². The van der Waals surface area contributed by atoms with E-state index in [9.17, 15) is 9.18 Å². The average Bonchev–Trinajstić information content (AvgIpc) is 2.56. The molecule has 2 aromatic carbocycles. The molecule has 1 amide bonds. The second-order valence-electron chi connectivity index (χ2n) is 5.13. The number of benzene rings is 2. The molecule has 0 atom stereocenters. The zero-order valence-electron chi connectivity index (χ0n) is 13.9. The quantitative estimate of drug-likeness (QED) is 0.808. The first-order chi connectivity index (χ1) is 11.5. The van der Waals surface area contributed by atoms with Crippen molar-refractivity contribution in [3.05, 3.63) is 59.4 Å². The Morgan fingerprint density at radius 1 is 1.21 bits per heavy atom. The van der Waals surface area contributed by atoms with Gasteiger partial charge in [0, 0.05) is 11.8 Å². The predicted octanol–water partition coefficient (Wildman–Crippen LogP) is 4.19. The monoisotopic (exact) mass is 329 g/mol. The molecule has 0 bridgehead atoms. The Morgan fingerprint density at radius 2 is 2.00 bits per heavy atom. The fourth-order valence-corrected chi connectivity index (χ4v) is 2.18. The highest BCUT2D eigenvalue weighted by Gasteiger charge is 2.05. The van der Waals surface area contributed by atoms with Crippen LogP contribution >= 0.6 is 0 Å². The molecule has 0 aliphatic rings. The minimum atomic E-state index is -0.331. The number of aryl methyl sites for hydroxylation is 1. The van der Waals surface area contributed by atoms with E-state index in [1.165, 1.54) is 24.3 Å². The summed E-state index contributed by atoms with van der Waals surface area (Å²) in [7, 11) is 1.58. The molecular weight excluding hydrogens is 309 g/mol. The van der Waals surface area contributed by atoms with Crippen molar-refractivity contribution in [3.8, 4) is 11.5 Å². The van der Waals surface area contributed by atoms with Gasteiger partial charge in [-0.1, -0.05) is 6.07 Å². The maximum absolute atomic E-state index is 13.1. The van der Waals surface area contributed by atoms with Crippen molar-refractivity contribution in [2.45, 2.75) is 13.8 Å². The summed E-state index contributed by atoms with van der Waals surface area (Å²) < 4.78 is 23.8. The first kappa shape index (κ1) is 17.5. The Hall–Kier alpha value is -2.82. The van der Waals surface area contributed by atoms with E-state index in [0.29, 0.717) is 29.4 Å². The summed E-state index contributed by atoms with van der Waals surface area (Å²) in [6.07, 6.45) is 3.09. The molecule has 0 unspecified atom stereocenters. The Bertz CT molecular complexity index is 756. The third kappa shape index (κ3) is 4.59. The van der Waals surface area contributed by atoms with E-state index in [0.717, 1.165) is 5.56 Å². The molecule has 0 aromatic heterocycles. The summed E-state index contributed by atoms with van der Waals surface area (Å²) in [5.74, 6) is 0.638. The van der Waals surface area contributed by atoms with Gasteiger partial charge in [-0.2, -0.15) is 0 Å². The number of nitrogens with one attached hydrogen (secondary N) is 1. The molecule has 126 valence electrons. The molecule has 4 nitrogen and oxygen atoms in total. The lowest BCUT2D eigenvalue weighted by atomic mass is 10.1. The van der Waals surface area contributed by atoms with E-state index >= 15 is 0 Å². The minimum absolute atomic E-state index is 0.293. The van der Waals surface area contributed by atoms with Gasteiger partial charge in [0.25, 0.3) is 0 Å². The number of rotatable bonds is 6. The SMILES string of the molecule is CCOc1cc(/C=C/C(=O)Nc2ccc(F)cc2C)ccc1OC. The first-order valence-electron chi connectivity index (χ1n) is 7.59. The number of carbonyl (C=O) groups is 1. The number of hydrogen-bond donors (Lipinski definition) is 1. The van der Waals surface area contributed by atoms with E-state index in [4.69, 9.17) is 9.47 Å². The number of ether oxygens (including phenoxy) is 2. The summed E-state index contributed by atoms with van der Waals surface area (Å²) in [6, 6.07) is 9.63. The molecule has 2 aromatic rings. The molecule has 2 rings (SSSR count). The van der Waals surface area contributed by atoms with E-state index in [2.05, 4.69) is 5.32 Å². The zero-order chi connectivity index (χ0) is 17.5. The van der Waals surface area contributed by atoms with Crippen molar-refractivity contribution in [3.63, 3.8) is 0 Å². The fraction of sp³-hybridized carbons (Fsp3) is 0.211.